The van der Waals surface area contributed by atoms with Crippen LogP contribution in [0.25, 0.3) is 0 Å². The summed E-state index contributed by atoms with van der Waals surface area (Å²) >= 11 is 0. The Hall–Kier alpha value is -1.79. The van der Waals surface area contributed by atoms with Gasteiger partial charge in [-0.15, -0.1) is 12.4 Å². The van der Waals surface area contributed by atoms with Crippen LogP contribution in [0.15, 0.2) is 24.3 Å². The van der Waals surface area contributed by atoms with Gasteiger partial charge in [0.2, 0.25) is 5.91 Å². The maximum atomic E-state index is 11.4. The van der Waals surface area contributed by atoms with Crippen molar-refractivity contribution in [2.45, 2.75) is 6.54 Å². The SMILES string of the molecule is CNCC(=O)NCc1cccc(OCC(=O)N(C)C)c1.Cl. The van der Waals surface area contributed by atoms with E-state index >= 15 is 0 Å². The largest absolute Gasteiger partial charge is 0.484 e. The lowest BCUT2D eigenvalue weighted by Gasteiger charge is -2.12. The number of hydrogen-bond donors (Lipinski definition) is 2. The zero-order chi connectivity index (χ0) is 15.0. The lowest BCUT2D eigenvalue weighted by Crippen LogP contribution is -2.31. The molecule has 1 aromatic carbocycles. The van der Waals surface area contributed by atoms with Gasteiger partial charge in [-0.2, -0.15) is 0 Å². The second-order valence-corrected chi connectivity index (χ2v) is 4.53. The van der Waals surface area contributed by atoms with Crippen molar-refractivity contribution in [3.8, 4) is 5.75 Å². The number of rotatable bonds is 7. The van der Waals surface area contributed by atoms with E-state index in [1.807, 2.05) is 18.2 Å². The maximum Gasteiger partial charge on any atom is 0.259 e. The summed E-state index contributed by atoms with van der Waals surface area (Å²) in [5.41, 5.74) is 0.921. The molecule has 7 heteroatoms. The lowest BCUT2D eigenvalue weighted by molar-refractivity contribution is -0.130. The Kier molecular flexibility index (Phi) is 9.16. The minimum absolute atomic E-state index is 0. The molecule has 21 heavy (non-hydrogen) atoms. The number of likely N-dealkylation sites (N-methyl/N-ethyl adjacent to an activating group) is 2. The molecule has 0 spiro atoms. The highest BCUT2D eigenvalue weighted by molar-refractivity contribution is 5.85. The molecule has 2 amide bonds. The van der Waals surface area contributed by atoms with Gasteiger partial charge in [-0.3, -0.25) is 9.59 Å². The van der Waals surface area contributed by atoms with Gasteiger partial charge in [-0.1, -0.05) is 12.1 Å². The Morgan fingerprint density at radius 3 is 2.62 bits per heavy atom. The van der Waals surface area contributed by atoms with Crippen LogP contribution in [0.3, 0.4) is 0 Å². The van der Waals surface area contributed by atoms with Crippen molar-refractivity contribution in [2.24, 2.45) is 0 Å². The minimum Gasteiger partial charge on any atom is -0.484 e. The Morgan fingerprint density at radius 1 is 1.29 bits per heavy atom. The van der Waals surface area contributed by atoms with Crippen LogP contribution < -0.4 is 15.4 Å². The fourth-order valence-corrected chi connectivity index (χ4v) is 1.44. The molecule has 0 aliphatic heterocycles. The fraction of sp³-hybridized carbons (Fsp3) is 0.429. The van der Waals surface area contributed by atoms with Crippen molar-refractivity contribution in [2.75, 3.05) is 34.3 Å². The summed E-state index contributed by atoms with van der Waals surface area (Å²) < 4.78 is 5.41. The third-order valence-electron chi connectivity index (χ3n) is 2.59. The topological polar surface area (TPSA) is 70.7 Å². The van der Waals surface area contributed by atoms with Crippen molar-refractivity contribution < 1.29 is 14.3 Å². The van der Waals surface area contributed by atoms with Crippen LogP contribution in [0.4, 0.5) is 0 Å². The molecule has 118 valence electrons. The van der Waals surface area contributed by atoms with Crippen molar-refractivity contribution in [1.29, 1.82) is 0 Å². The molecule has 0 unspecified atom stereocenters. The molecule has 0 aliphatic carbocycles. The van der Waals surface area contributed by atoms with Gasteiger partial charge in [0.05, 0.1) is 6.54 Å². The number of nitrogens with one attached hydrogen (secondary N) is 2. The molecule has 0 aromatic heterocycles. The number of carbonyl (C=O) groups excluding carboxylic acids is 2. The van der Waals surface area contributed by atoms with E-state index in [9.17, 15) is 9.59 Å². The summed E-state index contributed by atoms with van der Waals surface area (Å²) in [5.74, 6) is 0.444. The molecule has 1 aromatic rings. The number of hydrogen-bond acceptors (Lipinski definition) is 4. The van der Waals surface area contributed by atoms with E-state index in [0.29, 0.717) is 12.3 Å². The molecule has 2 N–H and O–H groups in total. The first-order valence-corrected chi connectivity index (χ1v) is 6.36. The fourth-order valence-electron chi connectivity index (χ4n) is 1.44. The van der Waals surface area contributed by atoms with E-state index in [4.69, 9.17) is 4.74 Å². The quantitative estimate of drug-likeness (QED) is 0.764. The van der Waals surface area contributed by atoms with E-state index in [2.05, 4.69) is 10.6 Å². The van der Waals surface area contributed by atoms with Gasteiger partial charge >= 0.3 is 0 Å². The summed E-state index contributed by atoms with van der Waals surface area (Å²) in [4.78, 5) is 24.2. The number of carbonyl (C=O) groups is 2. The molecule has 0 fully saturated rings. The normalized spacial score (nSPS) is 9.48. The first-order chi connectivity index (χ1) is 9.52. The first kappa shape index (κ1) is 19.2. The first-order valence-electron chi connectivity index (χ1n) is 6.36. The monoisotopic (exact) mass is 315 g/mol. The summed E-state index contributed by atoms with van der Waals surface area (Å²) in [6, 6.07) is 7.31. The lowest BCUT2D eigenvalue weighted by atomic mass is 10.2. The third-order valence-corrected chi connectivity index (χ3v) is 2.59. The highest BCUT2D eigenvalue weighted by atomic mass is 35.5. The van der Waals surface area contributed by atoms with Crippen LogP contribution in [-0.4, -0.2) is 51.0 Å². The molecule has 6 nitrogen and oxygen atoms in total. The molecular weight excluding hydrogens is 294 g/mol. The molecule has 0 heterocycles. The summed E-state index contributed by atoms with van der Waals surface area (Å²) in [5, 5.41) is 5.56. The zero-order valence-corrected chi connectivity index (χ0v) is 13.3. The van der Waals surface area contributed by atoms with E-state index in [0.717, 1.165) is 5.56 Å². The van der Waals surface area contributed by atoms with Crippen molar-refractivity contribution in [1.82, 2.24) is 15.5 Å². The zero-order valence-electron chi connectivity index (χ0n) is 12.5. The average Bonchev–Trinajstić information content (AvgIpc) is 2.43. The van der Waals surface area contributed by atoms with Gasteiger partial charge in [-0.05, 0) is 24.7 Å². The van der Waals surface area contributed by atoms with Crippen molar-refractivity contribution >= 4 is 24.2 Å². The van der Waals surface area contributed by atoms with Crippen LogP contribution in [0, 0.1) is 0 Å². The molecular formula is C14H22ClN3O3. The van der Waals surface area contributed by atoms with E-state index in [-0.39, 0.29) is 37.4 Å². The molecule has 0 saturated carbocycles. The van der Waals surface area contributed by atoms with Crippen LogP contribution in [0.5, 0.6) is 5.75 Å². The number of ether oxygens (including phenoxy) is 1. The number of amides is 2. The van der Waals surface area contributed by atoms with E-state index in [1.165, 1.54) is 4.90 Å². The van der Waals surface area contributed by atoms with E-state index < -0.39 is 0 Å². The van der Waals surface area contributed by atoms with Gasteiger partial charge in [0.15, 0.2) is 6.61 Å². The smallest absolute Gasteiger partial charge is 0.259 e. The highest BCUT2D eigenvalue weighted by Crippen LogP contribution is 2.13. The Balaban J connectivity index is 0.00000400. The average molecular weight is 316 g/mol. The van der Waals surface area contributed by atoms with Crippen LogP contribution in [0.2, 0.25) is 0 Å². The Bertz CT molecular complexity index is 467. The third kappa shape index (κ3) is 7.53. The predicted octanol–water partition coefficient (Wildman–Crippen LogP) is 0.411. The predicted molar refractivity (Wildman–Crippen MR) is 83.7 cm³/mol. The number of benzene rings is 1. The van der Waals surface area contributed by atoms with Gasteiger partial charge in [-0.25, -0.2) is 0 Å². The Labute approximate surface area is 131 Å². The molecule has 0 atom stereocenters. The van der Waals surface area contributed by atoms with Crippen LogP contribution in [-0.2, 0) is 16.1 Å². The molecule has 0 radical (unpaired) electrons. The van der Waals surface area contributed by atoms with Gasteiger partial charge < -0.3 is 20.3 Å². The molecule has 0 bridgehead atoms. The van der Waals surface area contributed by atoms with Crippen molar-refractivity contribution in [3.63, 3.8) is 0 Å². The summed E-state index contributed by atoms with van der Waals surface area (Å²) in [7, 11) is 5.08. The van der Waals surface area contributed by atoms with Gasteiger partial charge in [0.1, 0.15) is 5.75 Å². The van der Waals surface area contributed by atoms with Crippen LogP contribution >= 0.6 is 12.4 Å². The highest BCUT2D eigenvalue weighted by Gasteiger charge is 2.05. The van der Waals surface area contributed by atoms with Gasteiger partial charge in [0.25, 0.3) is 5.91 Å². The molecule has 0 aliphatic rings. The molecule has 1 rings (SSSR count). The standard InChI is InChI=1S/C14H21N3O3.ClH/c1-15-9-13(18)16-8-11-5-4-6-12(7-11)20-10-14(19)17(2)3;/h4-7,15H,8-10H2,1-3H3,(H,16,18);1H. The second-order valence-electron chi connectivity index (χ2n) is 4.53. The van der Waals surface area contributed by atoms with Gasteiger partial charge in [0, 0.05) is 20.6 Å². The van der Waals surface area contributed by atoms with Crippen molar-refractivity contribution in [3.05, 3.63) is 29.8 Å². The summed E-state index contributed by atoms with van der Waals surface area (Å²) in [6.45, 7) is 0.718. The number of nitrogens with zero attached hydrogens (tertiary/aromatic N) is 1. The van der Waals surface area contributed by atoms with Crippen LogP contribution in [0.1, 0.15) is 5.56 Å². The minimum atomic E-state index is -0.0993. The second kappa shape index (κ2) is 10.0. The summed E-state index contributed by atoms with van der Waals surface area (Å²) in [6.07, 6.45) is 0. The van der Waals surface area contributed by atoms with E-state index in [1.54, 1.807) is 27.2 Å². The molecule has 0 saturated heterocycles. The maximum absolute atomic E-state index is 11.4. The number of halogens is 1. The Morgan fingerprint density at radius 2 is 2.00 bits per heavy atom.